The van der Waals surface area contributed by atoms with Crippen molar-refractivity contribution in [3.8, 4) is 11.8 Å². The van der Waals surface area contributed by atoms with E-state index in [-0.39, 0.29) is 0 Å². The predicted octanol–water partition coefficient (Wildman–Crippen LogP) is 3.78. The lowest BCUT2D eigenvalue weighted by molar-refractivity contribution is 0.416. The van der Waals surface area contributed by atoms with Gasteiger partial charge >= 0.3 is 0 Å². The number of benzene rings is 2. The van der Waals surface area contributed by atoms with Crippen LogP contribution < -0.4 is 10.1 Å². The number of hydrogen-bond donors (Lipinski definition) is 1. The van der Waals surface area contributed by atoms with E-state index in [0.29, 0.717) is 17.2 Å². The molecule has 0 heterocycles. The van der Waals surface area contributed by atoms with Gasteiger partial charge in [0.25, 0.3) is 0 Å². The Morgan fingerprint density at radius 2 is 1.90 bits per heavy atom. The molecular weight excluding hydrogens is 248 g/mol. The minimum atomic E-state index is 0.354. The molecule has 0 saturated carbocycles. The smallest absolute Gasteiger partial charge is 0.143 e. The zero-order valence-corrected chi connectivity index (χ0v) is 11.8. The van der Waals surface area contributed by atoms with Crippen molar-refractivity contribution in [3.63, 3.8) is 0 Å². The molecule has 0 radical (unpaired) electrons. The molecule has 2 aromatic rings. The summed E-state index contributed by atoms with van der Waals surface area (Å²) in [5.41, 5.74) is 2.64. The van der Waals surface area contributed by atoms with Crippen molar-refractivity contribution in [2.24, 2.45) is 0 Å². The van der Waals surface area contributed by atoms with Crippen LogP contribution in [-0.4, -0.2) is 13.7 Å². The molecule has 102 valence electrons. The van der Waals surface area contributed by atoms with Crippen LogP contribution in [0.15, 0.2) is 48.5 Å². The number of hydrogen-bond acceptors (Lipinski definition) is 3. The van der Waals surface area contributed by atoms with Crippen LogP contribution in [0.2, 0.25) is 0 Å². The summed E-state index contributed by atoms with van der Waals surface area (Å²) in [5.74, 6) is 1.05. The molecule has 1 N–H and O–H groups in total. The average molecular weight is 266 g/mol. The van der Waals surface area contributed by atoms with Gasteiger partial charge in [0, 0.05) is 6.54 Å². The quantitative estimate of drug-likeness (QED) is 0.895. The number of nitrogens with zero attached hydrogens (tertiary/aromatic N) is 1. The van der Waals surface area contributed by atoms with Gasteiger partial charge in [-0.1, -0.05) is 43.3 Å². The summed E-state index contributed by atoms with van der Waals surface area (Å²) in [6, 6.07) is 18.0. The lowest BCUT2D eigenvalue weighted by Crippen LogP contribution is -2.11. The molecule has 1 unspecified atom stereocenters. The molecular formula is C17H18N2O. The van der Waals surface area contributed by atoms with Crippen molar-refractivity contribution in [1.82, 2.24) is 0 Å². The van der Waals surface area contributed by atoms with Crippen LogP contribution in [-0.2, 0) is 0 Å². The highest BCUT2D eigenvalue weighted by Crippen LogP contribution is 2.28. The fraction of sp³-hybridized carbons (Fsp3) is 0.235. The minimum Gasteiger partial charge on any atom is -0.495 e. The number of anilines is 1. The Morgan fingerprint density at radius 3 is 2.55 bits per heavy atom. The van der Waals surface area contributed by atoms with Gasteiger partial charge in [-0.25, -0.2) is 0 Å². The first-order valence-electron chi connectivity index (χ1n) is 6.62. The first kappa shape index (κ1) is 14.0. The Kier molecular flexibility index (Phi) is 4.62. The highest BCUT2D eigenvalue weighted by molar-refractivity contribution is 5.66. The van der Waals surface area contributed by atoms with E-state index < -0.39 is 0 Å². The van der Waals surface area contributed by atoms with Gasteiger partial charge in [-0.2, -0.15) is 5.26 Å². The molecule has 0 aromatic heterocycles. The standard InChI is InChI=1S/C17H18N2O/c1-13(14-7-4-3-5-8-14)12-19-17-15(11-18)9-6-10-16(17)20-2/h3-10,13,19H,12H2,1-2H3. The van der Waals surface area contributed by atoms with Crippen molar-refractivity contribution in [2.45, 2.75) is 12.8 Å². The molecule has 0 bridgehead atoms. The van der Waals surface area contributed by atoms with Crippen LogP contribution in [0.3, 0.4) is 0 Å². The minimum absolute atomic E-state index is 0.354. The Morgan fingerprint density at radius 1 is 1.15 bits per heavy atom. The summed E-state index contributed by atoms with van der Waals surface area (Å²) in [7, 11) is 1.61. The summed E-state index contributed by atoms with van der Waals surface area (Å²) in [5, 5.41) is 12.5. The second-order valence-electron chi connectivity index (χ2n) is 4.69. The van der Waals surface area contributed by atoms with Crippen LogP contribution in [0.1, 0.15) is 24.0 Å². The average Bonchev–Trinajstić information content (AvgIpc) is 2.52. The summed E-state index contributed by atoms with van der Waals surface area (Å²) < 4.78 is 5.31. The van der Waals surface area contributed by atoms with Crippen LogP contribution in [0, 0.1) is 11.3 Å². The van der Waals surface area contributed by atoms with E-state index in [1.54, 1.807) is 13.2 Å². The summed E-state index contributed by atoms with van der Waals surface area (Å²) in [6.07, 6.45) is 0. The summed E-state index contributed by atoms with van der Waals surface area (Å²) >= 11 is 0. The van der Waals surface area contributed by atoms with E-state index in [9.17, 15) is 5.26 Å². The van der Waals surface area contributed by atoms with E-state index in [4.69, 9.17) is 4.74 Å². The number of para-hydroxylation sites is 1. The fourth-order valence-electron chi connectivity index (χ4n) is 2.13. The normalized spacial score (nSPS) is 11.4. The van der Waals surface area contributed by atoms with Crippen molar-refractivity contribution < 1.29 is 4.74 Å². The maximum Gasteiger partial charge on any atom is 0.143 e. The predicted molar refractivity (Wildman–Crippen MR) is 81.1 cm³/mol. The van der Waals surface area contributed by atoms with Crippen LogP contribution >= 0.6 is 0 Å². The molecule has 0 aliphatic carbocycles. The first-order valence-corrected chi connectivity index (χ1v) is 6.62. The van der Waals surface area contributed by atoms with Gasteiger partial charge in [0.15, 0.2) is 0 Å². The summed E-state index contributed by atoms with van der Waals surface area (Å²) in [6.45, 7) is 2.91. The Labute approximate surface area is 119 Å². The lowest BCUT2D eigenvalue weighted by atomic mass is 10.0. The van der Waals surface area contributed by atoms with Crippen molar-refractivity contribution >= 4 is 5.69 Å². The van der Waals surface area contributed by atoms with E-state index in [0.717, 1.165) is 12.2 Å². The number of rotatable bonds is 5. The second kappa shape index (κ2) is 6.63. The first-order chi connectivity index (χ1) is 9.76. The molecule has 0 spiro atoms. The van der Waals surface area contributed by atoms with Crippen molar-refractivity contribution in [3.05, 3.63) is 59.7 Å². The molecule has 0 fully saturated rings. The van der Waals surface area contributed by atoms with Crippen LogP contribution in [0.25, 0.3) is 0 Å². The molecule has 0 amide bonds. The topological polar surface area (TPSA) is 45.0 Å². The van der Waals surface area contributed by atoms with Gasteiger partial charge in [-0.05, 0) is 23.6 Å². The van der Waals surface area contributed by atoms with Gasteiger partial charge in [0.1, 0.15) is 11.8 Å². The van der Waals surface area contributed by atoms with E-state index >= 15 is 0 Å². The number of methoxy groups -OCH3 is 1. The van der Waals surface area contributed by atoms with E-state index in [2.05, 4.69) is 30.4 Å². The molecule has 0 aliphatic heterocycles. The molecule has 0 aliphatic rings. The van der Waals surface area contributed by atoms with Gasteiger partial charge in [-0.15, -0.1) is 0 Å². The van der Waals surface area contributed by atoms with Crippen molar-refractivity contribution in [2.75, 3.05) is 19.0 Å². The number of nitrogens with one attached hydrogen (secondary N) is 1. The van der Waals surface area contributed by atoms with E-state index in [1.807, 2.05) is 30.3 Å². The number of ether oxygens (including phenoxy) is 1. The van der Waals surface area contributed by atoms with Crippen molar-refractivity contribution in [1.29, 1.82) is 5.26 Å². The zero-order chi connectivity index (χ0) is 14.4. The molecule has 20 heavy (non-hydrogen) atoms. The Hall–Kier alpha value is -2.47. The third-order valence-corrected chi connectivity index (χ3v) is 3.32. The molecule has 2 rings (SSSR count). The Bertz CT molecular complexity index is 602. The second-order valence-corrected chi connectivity index (χ2v) is 4.69. The van der Waals surface area contributed by atoms with Crippen LogP contribution in [0.4, 0.5) is 5.69 Å². The van der Waals surface area contributed by atoms with Gasteiger partial charge in [-0.3, -0.25) is 0 Å². The van der Waals surface area contributed by atoms with Gasteiger partial charge < -0.3 is 10.1 Å². The zero-order valence-electron chi connectivity index (χ0n) is 11.8. The largest absolute Gasteiger partial charge is 0.495 e. The molecule has 3 heteroatoms. The Balaban J connectivity index is 2.13. The SMILES string of the molecule is COc1cccc(C#N)c1NCC(C)c1ccccc1. The maximum atomic E-state index is 9.18. The monoisotopic (exact) mass is 266 g/mol. The molecule has 0 saturated heterocycles. The molecule has 3 nitrogen and oxygen atoms in total. The summed E-state index contributed by atoms with van der Waals surface area (Å²) in [4.78, 5) is 0. The van der Waals surface area contributed by atoms with Gasteiger partial charge in [0.05, 0.1) is 18.4 Å². The van der Waals surface area contributed by atoms with E-state index in [1.165, 1.54) is 5.56 Å². The van der Waals surface area contributed by atoms with Crippen LogP contribution in [0.5, 0.6) is 5.75 Å². The highest BCUT2D eigenvalue weighted by Gasteiger charge is 2.10. The molecule has 1 atom stereocenters. The fourth-order valence-corrected chi connectivity index (χ4v) is 2.13. The number of nitriles is 1. The molecule has 2 aromatic carbocycles. The third kappa shape index (κ3) is 3.10. The highest BCUT2D eigenvalue weighted by atomic mass is 16.5. The van der Waals surface area contributed by atoms with Gasteiger partial charge in [0.2, 0.25) is 0 Å². The third-order valence-electron chi connectivity index (χ3n) is 3.32. The maximum absolute atomic E-state index is 9.18. The lowest BCUT2D eigenvalue weighted by Gasteiger charge is -2.17.